The number of non-ortho nitro benzene ring substituents is 1. The number of amides is 1. The number of aromatic nitrogens is 1. The van der Waals surface area contributed by atoms with Gasteiger partial charge < -0.3 is 14.0 Å². The lowest BCUT2D eigenvalue weighted by Crippen LogP contribution is -2.66. The first-order valence-electron chi connectivity index (χ1n) is 9.05. The van der Waals surface area contributed by atoms with Crippen molar-refractivity contribution in [3.8, 4) is 11.3 Å². The molecule has 0 bridgehead atoms. The van der Waals surface area contributed by atoms with Crippen LogP contribution in [-0.4, -0.2) is 46.6 Å². The molecule has 0 aliphatic carbocycles. The Hall–Kier alpha value is -3.64. The molecule has 1 amide bonds. The molecular formula is C19H20F3N3O7. The summed E-state index contributed by atoms with van der Waals surface area (Å²) in [5.74, 6) is -2.19. The fourth-order valence-electron chi connectivity index (χ4n) is 2.65. The second-order valence-corrected chi connectivity index (χ2v) is 7.68. The maximum atomic E-state index is 14.0. The molecule has 1 heterocycles. The highest BCUT2D eigenvalue weighted by molar-refractivity contribution is 5.87. The maximum Gasteiger partial charge on any atom is 0.423 e. The number of alkyl halides is 3. The van der Waals surface area contributed by atoms with Gasteiger partial charge in [0.2, 0.25) is 5.54 Å². The lowest BCUT2D eigenvalue weighted by Gasteiger charge is -2.33. The summed E-state index contributed by atoms with van der Waals surface area (Å²) < 4.78 is 56.3. The fourth-order valence-corrected chi connectivity index (χ4v) is 2.65. The Balaban J connectivity index is 2.40. The highest BCUT2D eigenvalue weighted by Gasteiger charge is 2.63. The molecule has 0 radical (unpaired) electrons. The van der Waals surface area contributed by atoms with E-state index in [1.807, 2.05) is 0 Å². The molecule has 1 aromatic carbocycles. The van der Waals surface area contributed by atoms with Gasteiger partial charge in [0.1, 0.15) is 17.1 Å². The predicted molar refractivity (Wildman–Crippen MR) is 102 cm³/mol. The summed E-state index contributed by atoms with van der Waals surface area (Å²) >= 11 is 0. The Morgan fingerprint density at radius 1 is 1.19 bits per heavy atom. The molecule has 0 saturated heterocycles. The zero-order chi connectivity index (χ0) is 24.3. The van der Waals surface area contributed by atoms with E-state index >= 15 is 0 Å². The van der Waals surface area contributed by atoms with Crippen LogP contribution >= 0.6 is 0 Å². The zero-order valence-electron chi connectivity index (χ0n) is 17.5. The largest absolute Gasteiger partial charge is 0.467 e. The number of nitro groups is 1. The standard InChI is InChI=1S/C19H20F3N3O7/c1-17(2,3)31-16(27)23-18(15(26)30-4,19(20,21)22)10-13-9-14(24-32-13)11-5-7-12(8-6-11)25(28)29/h5-9H,10H2,1-4H3,(H,23,27). The predicted octanol–water partition coefficient (Wildman–Crippen LogP) is 3.79. The fraction of sp³-hybridized carbons (Fsp3) is 0.421. The number of ether oxygens (including phenoxy) is 2. The highest BCUT2D eigenvalue weighted by atomic mass is 19.4. The molecule has 1 N–H and O–H groups in total. The van der Waals surface area contributed by atoms with Gasteiger partial charge in [-0.1, -0.05) is 5.16 Å². The number of rotatable bonds is 6. The minimum Gasteiger partial charge on any atom is -0.467 e. The van der Waals surface area contributed by atoms with Crippen molar-refractivity contribution in [3.05, 3.63) is 46.2 Å². The van der Waals surface area contributed by atoms with Crippen molar-refractivity contribution >= 4 is 17.7 Å². The molecule has 0 fully saturated rings. The van der Waals surface area contributed by atoms with Crippen LogP contribution in [0.5, 0.6) is 0 Å². The number of halogens is 3. The van der Waals surface area contributed by atoms with Gasteiger partial charge in [-0.05, 0) is 32.9 Å². The molecular weight excluding hydrogens is 439 g/mol. The number of esters is 1. The third-order valence-electron chi connectivity index (χ3n) is 4.10. The molecule has 174 valence electrons. The van der Waals surface area contributed by atoms with Crippen molar-refractivity contribution in [2.75, 3.05) is 7.11 Å². The number of carbonyl (C=O) groups is 2. The summed E-state index contributed by atoms with van der Waals surface area (Å²) in [6.45, 7) is 4.31. The molecule has 0 spiro atoms. The topological polar surface area (TPSA) is 134 Å². The Kier molecular flexibility index (Phi) is 6.81. The van der Waals surface area contributed by atoms with E-state index in [0.717, 1.165) is 13.2 Å². The number of hydrogen-bond acceptors (Lipinski definition) is 8. The van der Waals surface area contributed by atoms with Gasteiger partial charge in [-0.25, -0.2) is 9.59 Å². The van der Waals surface area contributed by atoms with Crippen LogP contribution in [0, 0.1) is 10.1 Å². The number of alkyl carbamates (subject to hydrolysis) is 1. The number of benzene rings is 1. The Morgan fingerprint density at radius 2 is 1.78 bits per heavy atom. The van der Waals surface area contributed by atoms with Crippen LogP contribution in [-0.2, 0) is 20.7 Å². The van der Waals surface area contributed by atoms with Crippen LogP contribution < -0.4 is 5.32 Å². The van der Waals surface area contributed by atoms with Crippen molar-refractivity contribution in [2.45, 2.75) is 44.5 Å². The van der Waals surface area contributed by atoms with Crippen molar-refractivity contribution in [1.29, 1.82) is 0 Å². The molecule has 0 aliphatic rings. The summed E-state index contributed by atoms with van der Waals surface area (Å²) in [6.07, 6.45) is -7.96. The van der Waals surface area contributed by atoms with E-state index in [-0.39, 0.29) is 11.4 Å². The van der Waals surface area contributed by atoms with Gasteiger partial charge in [0.05, 0.1) is 18.5 Å². The molecule has 1 atom stereocenters. The summed E-state index contributed by atoms with van der Waals surface area (Å²) in [5.41, 5.74) is -4.46. The number of carbonyl (C=O) groups excluding carboxylic acids is 2. The van der Waals surface area contributed by atoms with E-state index in [0.29, 0.717) is 5.56 Å². The lowest BCUT2D eigenvalue weighted by atomic mass is 9.92. The van der Waals surface area contributed by atoms with E-state index in [2.05, 4.69) is 9.89 Å². The van der Waals surface area contributed by atoms with Crippen LogP contribution in [0.2, 0.25) is 0 Å². The van der Waals surface area contributed by atoms with Gasteiger partial charge in [0.15, 0.2) is 0 Å². The highest BCUT2D eigenvalue weighted by Crippen LogP contribution is 2.36. The van der Waals surface area contributed by atoms with Crippen molar-refractivity contribution < 1.29 is 41.7 Å². The SMILES string of the molecule is COC(=O)C(Cc1cc(-c2ccc([N+](=O)[O-])cc2)no1)(NC(=O)OC(C)(C)C)C(F)(F)F. The lowest BCUT2D eigenvalue weighted by molar-refractivity contribution is -0.384. The second kappa shape index (κ2) is 8.85. The quantitative estimate of drug-likeness (QED) is 0.392. The minimum atomic E-state index is -5.29. The molecule has 1 aromatic heterocycles. The smallest absolute Gasteiger partial charge is 0.423 e. The summed E-state index contributed by atoms with van der Waals surface area (Å²) in [7, 11) is 0.738. The maximum absolute atomic E-state index is 14.0. The minimum absolute atomic E-state index is 0.0631. The van der Waals surface area contributed by atoms with Crippen molar-refractivity contribution in [2.24, 2.45) is 0 Å². The van der Waals surface area contributed by atoms with Gasteiger partial charge in [0.25, 0.3) is 5.69 Å². The van der Waals surface area contributed by atoms with Gasteiger partial charge in [0, 0.05) is 23.8 Å². The van der Waals surface area contributed by atoms with Crippen molar-refractivity contribution in [3.63, 3.8) is 0 Å². The number of nitro benzene ring substituents is 1. The normalized spacial score (nSPS) is 13.7. The van der Waals surface area contributed by atoms with E-state index in [4.69, 9.17) is 9.26 Å². The van der Waals surface area contributed by atoms with Crippen LogP contribution in [0.25, 0.3) is 11.3 Å². The monoisotopic (exact) mass is 459 g/mol. The van der Waals surface area contributed by atoms with E-state index in [9.17, 15) is 32.9 Å². The van der Waals surface area contributed by atoms with Gasteiger partial charge in [-0.15, -0.1) is 0 Å². The van der Waals surface area contributed by atoms with Gasteiger partial charge in [-0.2, -0.15) is 13.2 Å². The van der Waals surface area contributed by atoms with Crippen LogP contribution in [0.1, 0.15) is 26.5 Å². The summed E-state index contributed by atoms with van der Waals surface area (Å²) in [4.78, 5) is 34.5. The second-order valence-electron chi connectivity index (χ2n) is 7.68. The van der Waals surface area contributed by atoms with Crippen LogP contribution in [0.15, 0.2) is 34.9 Å². The van der Waals surface area contributed by atoms with Crippen LogP contribution in [0.4, 0.5) is 23.7 Å². The Bertz CT molecular complexity index is 997. The summed E-state index contributed by atoms with van der Waals surface area (Å²) in [6, 6.07) is 6.14. The first-order valence-corrected chi connectivity index (χ1v) is 9.05. The van der Waals surface area contributed by atoms with Gasteiger partial charge >= 0.3 is 18.2 Å². The third kappa shape index (κ3) is 5.53. The average molecular weight is 459 g/mol. The third-order valence-corrected chi connectivity index (χ3v) is 4.10. The molecule has 0 saturated carbocycles. The zero-order valence-corrected chi connectivity index (χ0v) is 17.5. The molecule has 10 nitrogen and oxygen atoms in total. The molecule has 2 aromatic rings. The molecule has 2 rings (SSSR count). The van der Waals surface area contributed by atoms with E-state index in [1.165, 1.54) is 45.0 Å². The number of methoxy groups -OCH3 is 1. The average Bonchev–Trinajstić information content (AvgIpc) is 3.12. The van der Waals surface area contributed by atoms with E-state index in [1.54, 1.807) is 5.32 Å². The molecule has 32 heavy (non-hydrogen) atoms. The first-order chi connectivity index (χ1) is 14.7. The molecule has 13 heteroatoms. The first kappa shape index (κ1) is 24.6. The Morgan fingerprint density at radius 3 is 2.25 bits per heavy atom. The van der Waals surface area contributed by atoms with Crippen LogP contribution in [0.3, 0.4) is 0 Å². The van der Waals surface area contributed by atoms with E-state index < -0.39 is 46.5 Å². The molecule has 0 aliphatic heterocycles. The van der Waals surface area contributed by atoms with Crippen molar-refractivity contribution in [1.82, 2.24) is 10.5 Å². The van der Waals surface area contributed by atoms with Gasteiger partial charge in [-0.3, -0.25) is 15.4 Å². The number of nitrogens with one attached hydrogen (secondary N) is 1. The number of hydrogen-bond donors (Lipinski definition) is 1. The molecule has 1 unspecified atom stereocenters. The summed E-state index contributed by atoms with van der Waals surface area (Å²) in [5, 5.41) is 16.0. The Labute approximate surface area is 179 Å². The number of nitrogens with zero attached hydrogens (tertiary/aromatic N) is 2.